The second kappa shape index (κ2) is 8.27. The molecule has 0 bridgehead atoms. The van der Waals surface area contributed by atoms with Crippen molar-refractivity contribution in [2.24, 2.45) is 0 Å². The number of ketones is 1. The van der Waals surface area contributed by atoms with Crippen LogP contribution in [0.1, 0.15) is 48.9 Å². The first-order valence-corrected chi connectivity index (χ1v) is 9.46. The molecule has 6 heteroatoms. The minimum absolute atomic E-state index is 0.0972. The van der Waals surface area contributed by atoms with Gasteiger partial charge in [0.05, 0.1) is 12.1 Å². The molecule has 0 radical (unpaired) electrons. The first kappa shape index (κ1) is 19.0. The molecular weight excluding hydrogens is 335 g/mol. The standard InChI is InChI=1S/C20H27FN2O3/c21-17-6-4-16(5-7-17)18(24)8-9-19(25)23-13-3-10-20(26,15-23)14-22-11-1-2-12-22/h4-7,26H,1-3,8-15H2. The summed E-state index contributed by atoms with van der Waals surface area (Å²) in [5, 5.41) is 10.9. The van der Waals surface area contributed by atoms with Crippen molar-refractivity contribution in [3.8, 4) is 0 Å². The Morgan fingerprint density at radius 1 is 1.04 bits per heavy atom. The molecule has 1 N–H and O–H groups in total. The first-order chi connectivity index (χ1) is 12.5. The van der Waals surface area contributed by atoms with Crippen LogP contribution in [0, 0.1) is 5.82 Å². The topological polar surface area (TPSA) is 60.9 Å². The minimum atomic E-state index is -0.848. The van der Waals surface area contributed by atoms with E-state index in [1.165, 1.54) is 37.1 Å². The third kappa shape index (κ3) is 4.89. The highest BCUT2D eigenvalue weighted by molar-refractivity contribution is 5.97. The van der Waals surface area contributed by atoms with Crippen LogP contribution in [0.2, 0.25) is 0 Å². The Balaban J connectivity index is 1.50. The lowest BCUT2D eigenvalue weighted by Crippen LogP contribution is -2.55. The largest absolute Gasteiger partial charge is 0.387 e. The van der Waals surface area contributed by atoms with Crippen LogP contribution in [0.15, 0.2) is 24.3 Å². The molecule has 1 unspecified atom stereocenters. The smallest absolute Gasteiger partial charge is 0.223 e. The van der Waals surface area contributed by atoms with E-state index >= 15 is 0 Å². The van der Waals surface area contributed by atoms with Crippen molar-refractivity contribution in [2.75, 3.05) is 32.7 Å². The molecule has 1 aromatic carbocycles. The summed E-state index contributed by atoms with van der Waals surface area (Å²) in [6, 6.07) is 5.38. The number of nitrogens with zero attached hydrogens (tertiary/aromatic N) is 2. The molecule has 2 aliphatic rings. The number of benzene rings is 1. The quantitative estimate of drug-likeness (QED) is 0.789. The number of carbonyl (C=O) groups excluding carboxylic acids is 2. The highest BCUT2D eigenvalue weighted by Gasteiger charge is 2.37. The predicted octanol–water partition coefficient (Wildman–Crippen LogP) is 2.24. The van der Waals surface area contributed by atoms with Gasteiger partial charge in [0, 0.05) is 31.5 Å². The number of Topliss-reactive ketones (excluding diaryl/α,β-unsaturated/α-hetero) is 1. The molecule has 26 heavy (non-hydrogen) atoms. The normalized spacial score (nSPS) is 24.0. The highest BCUT2D eigenvalue weighted by Crippen LogP contribution is 2.25. The second-order valence-electron chi connectivity index (χ2n) is 7.56. The molecule has 2 aliphatic heterocycles. The number of halogens is 1. The molecule has 0 aromatic heterocycles. The molecule has 2 fully saturated rings. The van der Waals surface area contributed by atoms with Gasteiger partial charge in [0.15, 0.2) is 5.78 Å². The Bertz CT molecular complexity index is 643. The molecule has 0 spiro atoms. The zero-order valence-corrected chi connectivity index (χ0v) is 15.1. The summed E-state index contributed by atoms with van der Waals surface area (Å²) in [6.45, 7) is 3.62. The van der Waals surface area contributed by atoms with Crippen LogP contribution in [0.4, 0.5) is 4.39 Å². The SMILES string of the molecule is O=C(CCC(=O)N1CCCC(O)(CN2CCCC2)C1)c1ccc(F)cc1. The van der Waals surface area contributed by atoms with E-state index in [-0.39, 0.29) is 30.3 Å². The van der Waals surface area contributed by atoms with Crippen LogP contribution < -0.4 is 0 Å². The molecule has 3 rings (SSSR count). The highest BCUT2D eigenvalue weighted by atomic mass is 19.1. The number of β-amino-alcohol motifs (C(OH)–C–C–N with tert-alkyl or cyclic N) is 1. The van der Waals surface area contributed by atoms with Gasteiger partial charge in [-0.3, -0.25) is 9.59 Å². The number of hydrogen-bond acceptors (Lipinski definition) is 4. The Morgan fingerprint density at radius 3 is 2.42 bits per heavy atom. The average Bonchev–Trinajstić information content (AvgIpc) is 3.12. The molecule has 0 saturated carbocycles. The molecule has 2 saturated heterocycles. The van der Waals surface area contributed by atoms with Crippen molar-refractivity contribution in [1.29, 1.82) is 0 Å². The lowest BCUT2D eigenvalue weighted by molar-refractivity contribution is -0.139. The summed E-state index contributed by atoms with van der Waals surface area (Å²) in [5.74, 6) is -0.647. The number of piperidine rings is 1. The van der Waals surface area contributed by atoms with Crippen LogP contribution in [-0.2, 0) is 4.79 Å². The summed E-state index contributed by atoms with van der Waals surface area (Å²) < 4.78 is 12.9. The van der Waals surface area contributed by atoms with Crippen molar-refractivity contribution < 1.29 is 19.1 Å². The number of rotatable bonds is 6. The van der Waals surface area contributed by atoms with Crippen molar-refractivity contribution in [3.63, 3.8) is 0 Å². The number of amides is 1. The monoisotopic (exact) mass is 362 g/mol. The van der Waals surface area contributed by atoms with Crippen molar-refractivity contribution >= 4 is 11.7 Å². The molecule has 2 heterocycles. The zero-order valence-electron chi connectivity index (χ0n) is 15.1. The van der Waals surface area contributed by atoms with Crippen LogP contribution >= 0.6 is 0 Å². The number of likely N-dealkylation sites (tertiary alicyclic amines) is 2. The van der Waals surface area contributed by atoms with E-state index in [4.69, 9.17) is 0 Å². The lowest BCUT2D eigenvalue weighted by Gasteiger charge is -2.41. The van der Waals surface area contributed by atoms with Gasteiger partial charge in [0.25, 0.3) is 0 Å². The summed E-state index contributed by atoms with van der Waals surface area (Å²) in [6.07, 6.45) is 4.06. The van der Waals surface area contributed by atoms with Gasteiger partial charge in [0.1, 0.15) is 5.82 Å². The van der Waals surface area contributed by atoms with Gasteiger partial charge in [0.2, 0.25) is 5.91 Å². The van der Waals surface area contributed by atoms with E-state index in [1.807, 2.05) is 0 Å². The third-order valence-corrected chi connectivity index (χ3v) is 5.36. The fraction of sp³-hybridized carbons (Fsp3) is 0.600. The number of carbonyl (C=O) groups is 2. The molecule has 1 amide bonds. The van der Waals surface area contributed by atoms with Crippen LogP contribution in [0.3, 0.4) is 0 Å². The maximum Gasteiger partial charge on any atom is 0.223 e. The molecule has 0 aliphatic carbocycles. The summed E-state index contributed by atoms with van der Waals surface area (Å²) >= 11 is 0. The molecule has 1 atom stereocenters. The fourth-order valence-electron chi connectivity index (χ4n) is 3.97. The Labute approximate surface area is 153 Å². The Morgan fingerprint density at radius 2 is 1.73 bits per heavy atom. The van der Waals surface area contributed by atoms with E-state index in [9.17, 15) is 19.1 Å². The van der Waals surface area contributed by atoms with Crippen LogP contribution in [-0.4, -0.2) is 64.9 Å². The fourth-order valence-corrected chi connectivity index (χ4v) is 3.97. The second-order valence-corrected chi connectivity index (χ2v) is 7.56. The maximum atomic E-state index is 12.9. The van der Waals surface area contributed by atoms with Crippen molar-refractivity contribution in [1.82, 2.24) is 9.80 Å². The van der Waals surface area contributed by atoms with E-state index in [2.05, 4.69) is 4.90 Å². The van der Waals surface area contributed by atoms with Crippen molar-refractivity contribution in [2.45, 2.75) is 44.1 Å². The van der Waals surface area contributed by atoms with E-state index in [0.717, 1.165) is 19.5 Å². The summed E-state index contributed by atoms with van der Waals surface area (Å²) in [7, 11) is 0. The first-order valence-electron chi connectivity index (χ1n) is 9.46. The minimum Gasteiger partial charge on any atom is -0.387 e. The predicted molar refractivity (Wildman–Crippen MR) is 96.4 cm³/mol. The van der Waals surface area contributed by atoms with Gasteiger partial charge in [-0.25, -0.2) is 4.39 Å². The molecule has 1 aromatic rings. The lowest BCUT2D eigenvalue weighted by atomic mass is 9.92. The van der Waals surface area contributed by atoms with Crippen molar-refractivity contribution in [3.05, 3.63) is 35.6 Å². The van der Waals surface area contributed by atoms with Crippen LogP contribution in [0.25, 0.3) is 0 Å². The van der Waals surface area contributed by atoms with Gasteiger partial charge in [-0.05, 0) is 63.0 Å². The summed E-state index contributed by atoms with van der Waals surface area (Å²) in [4.78, 5) is 28.6. The van der Waals surface area contributed by atoms with E-state index in [0.29, 0.717) is 31.6 Å². The van der Waals surface area contributed by atoms with Gasteiger partial charge in [-0.2, -0.15) is 0 Å². The van der Waals surface area contributed by atoms with Gasteiger partial charge in [-0.1, -0.05) is 0 Å². The zero-order chi connectivity index (χ0) is 18.6. The maximum absolute atomic E-state index is 12.9. The van der Waals surface area contributed by atoms with Gasteiger partial charge in [-0.15, -0.1) is 0 Å². The van der Waals surface area contributed by atoms with E-state index < -0.39 is 5.60 Å². The summed E-state index contributed by atoms with van der Waals surface area (Å²) in [5.41, 5.74) is -0.428. The van der Waals surface area contributed by atoms with Crippen LogP contribution in [0.5, 0.6) is 0 Å². The van der Waals surface area contributed by atoms with E-state index in [1.54, 1.807) is 4.90 Å². The molecule has 142 valence electrons. The average molecular weight is 362 g/mol. The Kier molecular flexibility index (Phi) is 6.04. The molecular formula is C20H27FN2O3. The Hall–Kier alpha value is -1.79. The number of hydrogen-bond donors (Lipinski definition) is 1. The number of aliphatic hydroxyl groups is 1. The third-order valence-electron chi connectivity index (χ3n) is 5.36. The molecule has 5 nitrogen and oxygen atoms in total. The van der Waals surface area contributed by atoms with Gasteiger partial charge >= 0.3 is 0 Å². The van der Waals surface area contributed by atoms with Gasteiger partial charge < -0.3 is 14.9 Å².